The van der Waals surface area contributed by atoms with E-state index < -0.39 is 11.6 Å². The summed E-state index contributed by atoms with van der Waals surface area (Å²) >= 11 is 0. The fraction of sp³-hybridized carbons (Fsp3) is 0.214. The Hall–Kier alpha value is -2.08. The van der Waals surface area contributed by atoms with Crippen molar-refractivity contribution in [3.63, 3.8) is 0 Å². The summed E-state index contributed by atoms with van der Waals surface area (Å²) in [6.07, 6.45) is 0. The zero-order chi connectivity index (χ0) is 14.3. The minimum Gasteiger partial charge on any atom is -0.370 e. The number of nitrogens with one attached hydrogen (secondary N) is 1. The lowest BCUT2D eigenvalue weighted by Crippen LogP contribution is -2.21. The molecule has 6 heteroatoms. The molecule has 0 amide bonds. The van der Waals surface area contributed by atoms with Gasteiger partial charge in [-0.1, -0.05) is 0 Å². The van der Waals surface area contributed by atoms with Crippen LogP contribution in [0, 0.1) is 18.6 Å². The van der Waals surface area contributed by atoms with Crippen molar-refractivity contribution in [2.24, 2.45) is 0 Å². The molecule has 0 saturated carbocycles. The van der Waals surface area contributed by atoms with Gasteiger partial charge in [-0.25, -0.2) is 13.8 Å². The monoisotopic (exact) mass is 277 g/mol. The van der Waals surface area contributed by atoms with Crippen LogP contribution >= 0.6 is 0 Å². The Labute approximate surface area is 113 Å². The number of carbonyl (C=O) groups is 1. The fourth-order valence-electron chi connectivity index (χ4n) is 2.34. The molecule has 0 atom stereocenters. The maximum Gasteiger partial charge on any atom is 0.191 e. The zero-order valence-electron chi connectivity index (χ0n) is 10.5. The molecule has 1 aromatic carbocycles. The van der Waals surface area contributed by atoms with E-state index in [0.29, 0.717) is 34.4 Å². The summed E-state index contributed by atoms with van der Waals surface area (Å²) in [7, 11) is 0. The molecular weight excluding hydrogens is 266 g/mol. The van der Waals surface area contributed by atoms with Crippen LogP contribution in [-0.2, 0) is 11.3 Å². The predicted octanol–water partition coefficient (Wildman–Crippen LogP) is 2.47. The van der Waals surface area contributed by atoms with Crippen LogP contribution in [0.3, 0.4) is 0 Å². The van der Waals surface area contributed by atoms with Crippen molar-refractivity contribution in [2.45, 2.75) is 6.61 Å². The van der Waals surface area contributed by atoms with Crippen molar-refractivity contribution in [1.29, 1.82) is 0 Å². The van der Waals surface area contributed by atoms with Gasteiger partial charge in [0.25, 0.3) is 0 Å². The number of ether oxygens (including phenoxy) is 1. The van der Waals surface area contributed by atoms with Crippen molar-refractivity contribution < 1.29 is 18.3 Å². The lowest BCUT2D eigenvalue weighted by atomic mass is 9.98. The highest BCUT2D eigenvalue weighted by Crippen LogP contribution is 2.31. The van der Waals surface area contributed by atoms with Crippen LogP contribution in [0.1, 0.15) is 16.1 Å². The first-order chi connectivity index (χ1) is 9.61. The van der Waals surface area contributed by atoms with Crippen LogP contribution in [0.15, 0.2) is 12.1 Å². The van der Waals surface area contributed by atoms with Crippen LogP contribution in [0.25, 0.3) is 10.8 Å². The number of hydrogen-bond donors (Lipinski definition) is 1. The van der Waals surface area contributed by atoms with E-state index in [1.807, 2.05) is 0 Å². The molecule has 20 heavy (non-hydrogen) atoms. The highest BCUT2D eigenvalue weighted by molar-refractivity contribution is 6.12. The molecule has 0 aliphatic carbocycles. The minimum absolute atomic E-state index is 0.0785. The first-order valence-corrected chi connectivity index (χ1v) is 6.07. The molecule has 2 aromatic rings. The number of carbonyl (C=O) groups excluding carboxylic acids is 1. The molecule has 3 rings (SSSR count). The number of hydrogen-bond acceptors (Lipinski definition) is 4. The number of aromatic nitrogens is 1. The quantitative estimate of drug-likeness (QED) is 0.916. The molecule has 4 nitrogen and oxygen atoms in total. The number of anilines is 1. The normalized spacial score (nSPS) is 14.4. The van der Waals surface area contributed by atoms with Gasteiger partial charge in [-0.2, -0.15) is 0 Å². The fourth-order valence-corrected chi connectivity index (χ4v) is 2.34. The molecule has 0 saturated heterocycles. The molecule has 1 aliphatic heterocycles. The maximum absolute atomic E-state index is 13.5. The second-order valence-corrected chi connectivity index (χ2v) is 4.44. The third-order valence-electron chi connectivity index (χ3n) is 3.16. The average Bonchev–Trinajstić information content (AvgIpc) is 2.41. The number of fused-ring (bicyclic) bond motifs is 3. The number of benzene rings is 1. The van der Waals surface area contributed by atoms with E-state index in [4.69, 9.17) is 4.74 Å². The van der Waals surface area contributed by atoms with Crippen molar-refractivity contribution in [2.75, 3.05) is 18.5 Å². The molecular formula is C14H11F2N2O2. The number of Topliss-reactive ketones (excluding diaryl/α,β-unsaturated/α-hetero) is 1. The zero-order valence-corrected chi connectivity index (χ0v) is 10.5. The molecule has 0 fully saturated rings. The summed E-state index contributed by atoms with van der Waals surface area (Å²) in [5.74, 6) is -1.89. The van der Waals surface area contributed by atoms with E-state index in [1.165, 1.54) is 0 Å². The van der Waals surface area contributed by atoms with Gasteiger partial charge in [0.15, 0.2) is 17.4 Å². The van der Waals surface area contributed by atoms with Crippen molar-refractivity contribution in [1.82, 2.24) is 4.98 Å². The van der Waals surface area contributed by atoms with E-state index in [1.54, 1.807) is 0 Å². The van der Waals surface area contributed by atoms with Gasteiger partial charge in [-0.3, -0.25) is 4.79 Å². The maximum atomic E-state index is 13.5. The van der Waals surface area contributed by atoms with E-state index in [-0.39, 0.29) is 19.0 Å². The average molecular weight is 277 g/mol. The topological polar surface area (TPSA) is 51.2 Å². The first-order valence-electron chi connectivity index (χ1n) is 6.07. The molecule has 2 heterocycles. The van der Waals surface area contributed by atoms with E-state index in [9.17, 15) is 13.6 Å². The Morgan fingerprint density at radius 3 is 2.65 bits per heavy atom. The lowest BCUT2D eigenvalue weighted by molar-refractivity contribution is 0.0658. The van der Waals surface area contributed by atoms with Crippen LogP contribution < -0.4 is 5.32 Å². The van der Waals surface area contributed by atoms with Crippen molar-refractivity contribution >= 4 is 22.4 Å². The number of ketones is 1. The van der Waals surface area contributed by atoms with Gasteiger partial charge in [0.2, 0.25) is 0 Å². The van der Waals surface area contributed by atoms with Gasteiger partial charge in [-0.05, 0) is 19.1 Å². The van der Waals surface area contributed by atoms with Crippen LogP contribution in [0.5, 0.6) is 0 Å². The lowest BCUT2D eigenvalue weighted by Gasteiger charge is -2.19. The van der Waals surface area contributed by atoms with Crippen LogP contribution in [0.2, 0.25) is 0 Å². The standard InChI is InChI=1S/C14H11F2N2O2/c1-2-17-14-8-4-10(16)9(15)3-7(8)13-11(18-14)5-20-6-12(13)19/h3-4H,1-2,5-6H2,(H,17,18). The van der Waals surface area contributed by atoms with Gasteiger partial charge in [0, 0.05) is 17.3 Å². The number of rotatable bonds is 2. The molecule has 1 radical (unpaired) electrons. The van der Waals surface area contributed by atoms with E-state index >= 15 is 0 Å². The molecule has 1 aromatic heterocycles. The van der Waals surface area contributed by atoms with E-state index in [0.717, 1.165) is 12.1 Å². The Bertz CT molecular complexity index is 716. The van der Waals surface area contributed by atoms with Crippen molar-refractivity contribution in [3.8, 4) is 0 Å². The van der Waals surface area contributed by atoms with Gasteiger partial charge >= 0.3 is 0 Å². The highest BCUT2D eigenvalue weighted by Gasteiger charge is 2.24. The Morgan fingerprint density at radius 2 is 1.95 bits per heavy atom. The molecule has 0 bridgehead atoms. The van der Waals surface area contributed by atoms with Crippen molar-refractivity contribution in [3.05, 3.63) is 41.9 Å². The summed E-state index contributed by atoms with van der Waals surface area (Å²) in [6, 6.07) is 2.07. The van der Waals surface area contributed by atoms with Gasteiger partial charge in [0.1, 0.15) is 12.4 Å². The van der Waals surface area contributed by atoms with E-state index in [2.05, 4.69) is 17.2 Å². The number of nitrogens with zero attached hydrogens (tertiary/aromatic N) is 1. The molecule has 1 aliphatic rings. The molecule has 103 valence electrons. The predicted molar refractivity (Wildman–Crippen MR) is 69.5 cm³/mol. The molecule has 1 N–H and O–H groups in total. The summed E-state index contributed by atoms with van der Waals surface area (Å²) in [4.78, 5) is 16.2. The summed E-state index contributed by atoms with van der Waals surface area (Å²) in [6.45, 7) is 4.06. The smallest absolute Gasteiger partial charge is 0.191 e. The molecule has 0 unspecified atom stereocenters. The van der Waals surface area contributed by atoms with Gasteiger partial charge in [0.05, 0.1) is 17.9 Å². The summed E-state index contributed by atoms with van der Waals surface area (Å²) in [5, 5.41) is 3.59. The minimum atomic E-state index is -0.995. The van der Waals surface area contributed by atoms with Crippen LogP contribution in [0.4, 0.5) is 14.6 Å². The highest BCUT2D eigenvalue weighted by atomic mass is 19.2. The van der Waals surface area contributed by atoms with Crippen LogP contribution in [-0.4, -0.2) is 23.9 Å². The summed E-state index contributed by atoms with van der Waals surface area (Å²) in [5.41, 5.74) is 0.732. The Morgan fingerprint density at radius 1 is 1.25 bits per heavy atom. The Balaban J connectivity index is 2.39. The third-order valence-corrected chi connectivity index (χ3v) is 3.16. The second kappa shape index (κ2) is 4.79. The van der Waals surface area contributed by atoms with Gasteiger partial charge in [-0.15, -0.1) is 0 Å². The Kier molecular flexibility index (Phi) is 3.10. The number of pyridine rings is 1. The third kappa shape index (κ3) is 1.92. The number of halogens is 2. The largest absolute Gasteiger partial charge is 0.370 e. The SMILES string of the molecule is [CH2]CNc1nc2c(c3cc(F)c(F)cc13)C(=O)COC2. The molecule has 0 spiro atoms. The van der Waals surface area contributed by atoms with Gasteiger partial charge < -0.3 is 10.1 Å². The summed E-state index contributed by atoms with van der Waals surface area (Å²) < 4.78 is 32.1. The second-order valence-electron chi connectivity index (χ2n) is 4.44. The first kappa shape index (κ1) is 12.9.